The number of unbranched alkanes of at least 4 members (excludes halogenated alkanes) is 2. The van der Waals surface area contributed by atoms with Crippen molar-refractivity contribution in [2.75, 3.05) is 78.2 Å². The number of methoxy groups -OCH3 is 2. The molecule has 1 heterocycles. The van der Waals surface area contributed by atoms with Crippen LogP contribution in [0.3, 0.4) is 0 Å². The number of anilines is 1. The number of allylic oxidation sites excluding steroid dienone is 1. The normalized spacial score (nSPS) is 22.0. The molecule has 6 atom stereocenters. The number of nitrogens with one attached hydrogen (secondary N) is 1. The summed E-state index contributed by atoms with van der Waals surface area (Å²) in [5.74, 6) is -1.12. The molecule has 0 radical (unpaired) electrons. The highest BCUT2D eigenvalue weighted by molar-refractivity contribution is 6.18. The number of alkyl halides is 1. The van der Waals surface area contributed by atoms with E-state index in [1.807, 2.05) is 36.4 Å². The fourth-order valence-corrected chi connectivity index (χ4v) is 9.60. The summed E-state index contributed by atoms with van der Waals surface area (Å²) in [6.45, 7) is 4.13. The zero-order valence-electron chi connectivity index (χ0n) is 38.3. The summed E-state index contributed by atoms with van der Waals surface area (Å²) in [6, 6.07) is 19.0. The van der Waals surface area contributed by atoms with E-state index in [0.717, 1.165) is 29.5 Å². The minimum atomic E-state index is -1.59. The van der Waals surface area contributed by atoms with Gasteiger partial charge in [0.05, 0.1) is 63.8 Å². The molecule has 16 nitrogen and oxygen atoms in total. The molecule has 17 heteroatoms. The molecule has 4 N–H and O–H groups in total. The molecular formula is C50H64ClN3O13. The van der Waals surface area contributed by atoms with Gasteiger partial charge in [0.1, 0.15) is 42.3 Å². The highest BCUT2D eigenvalue weighted by Crippen LogP contribution is 2.62. The van der Waals surface area contributed by atoms with E-state index < -0.39 is 35.9 Å². The van der Waals surface area contributed by atoms with E-state index in [1.165, 1.54) is 19.1 Å². The van der Waals surface area contributed by atoms with Crippen molar-refractivity contribution in [1.82, 2.24) is 4.90 Å². The number of nitrogens with zero attached hydrogens (tertiary/aromatic N) is 2. The van der Waals surface area contributed by atoms with Gasteiger partial charge >= 0.3 is 12.2 Å². The summed E-state index contributed by atoms with van der Waals surface area (Å²) >= 11 is 6.05. The van der Waals surface area contributed by atoms with Crippen molar-refractivity contribution in [1.29, 1.82) is 0 Å². The van der Waals surface area contributed by atoms with Crippen molar-refractivity contribution in [3.05, 3.63) is 102 Å². The van der Waals surface area contributed by atoms with Gasteiger partial charge in [-0.3, -0.25) is 10.2 Å². The van der Waals surface area contributed by atoms with Gasteiger partial charge in [-0.25, -0.2) is 9.59 Å². The molecule has 3 aliphatic rings. The lowest BCUT2D eigenvalue weighted by atomic mass is 9.55. The van der Waals surface area contributed by atoms with Gasteiger partial charge in [0.2, 0.25) is 5.79 Å². The van der Waals surface area contributed by atoms with Crippen molar-refractivity contribution >= 4 is 35.2 Å². The molecule has 6 unspecified atom stereocenters. The van der Waals surface area contributed by atoms with Crippen LogP contribution in [0.25, 0.3) is 0 Å². The minimum Gasteiger partial charge on any atom is -0.497 e. The van der Waals surface area contributed by atoms with Crippen molar-refractivity contribution in [2.45, 2.75) is 69.3 Å². The first-order valence-corrected chi connectivity index (χ1v) is 23.4. The number of oxime groups is 1. The number of carbonyl (C=O) groups is 2. The number of aliphatic hydroxyl groups is 3. The maximum Gasteiger partial charge on any atom is 0.417 e. The molecule has 0 spiro atoms. The molecule has 0 bridgehead atoms. The average Bonchev–Trinajstić information content (AvgIpc) is 3.34. The maximum atomic E-state index is 14.4. The van der Waals surface area contributed by atoms with Crippen LogP contribution in [-0.2, 0) is 25.7 Å². The van der Waals surface area contributed by atoms with Gasteiger partial charge in [0.25, 0.3) is 0 Å². The first-order chi connectivity index (χ1) is 32.7. The first kappa shape index (κ1) is 51.0. The molecular weight excluding hydrogens is 886 g/mol. The standard InChI is InChI=1S/C50H64ClN3O13/c1-4-25-64-50-45(54(21-27-62-28-24-57)49(59)63-26-20-51)32-42(53-65-33-34-12-6-5-7-13-34)39-29-35(14-8-10-22-55)38(15-9-11-23-56)46(47(39)50)40-30-37(17-19-43(40)67-50)66-48(58)52-41-18-16-36(60-2)31-44(41)61-3/h4-7,12-13,16-19,29-31,35,38,45-47,55-57H,1,8-11,14-15,20-28,32-33H2,2-3H3,(H,52,58). The lowest BCUT2D eigenvalue weighted by Gasteiger charge is -2.59. The Morgan fingerprint density at radius 1 is 0.940 bits per heavy atom. The number of benzene rings is 3. The van der Waals surface area contributed by atoms with Crippen molar-refractivity contribution in [3.8, 4) is 23.0 Å². The van der Waals surface area contributed by atoms with Crippen molar-refractivity contribution in [3.63, 3.8) is 0 Å². The number of hydrogen-bond acceptors (Lipinski definition) is 14. The summed E-state index contributed by atoms with van der Waals surface area (Å²) < 4.78 is 42.5. The topological polar surface area (TPSA) is 196 Å². The molecule has 2 aliphatic carbocycles. The molecule has 1 saturated carbocycles. The maximum absolute atomic E-state index is 14.4. The van der Waals surface area contributed by atoms with Gasteiger partial charge in [-0.05, 0) is 79.0 Å². The van der Waals surface area contributed by atoms with Gasteiger partial charge in [0.15, 0.2) is 0 Å². The van der Waals surface area contributed by atoms with Crippen LogP contribution in [0.2, 0.25) is 0 Å². The van der Waals surface area contributed by atoms with Gasteiger partial charge in [-0.15, -0.1) is 18.2 Å². The Hall–Kier alpha value is -5.36. The summed E-state index contributed by atoms with van der Waals surface area (Å²) in [5, 5.41) is 37.1. The molecule has 1 fully saturated rings. The van der Waals surface area contributed by atoms with Crippen LogP contribution in [-0.4, -0.2) is 123 Å². The van der Waals surface area contributed by atoms with E-state index in [9.17, 15) is 24.9 Å². The van der Waals surface area contributed by atoms with Crippen LogP contribution >= 0.6 is 11.6 Å². The lowest BCUT2D eigenvalue weighted by molar-refractivity contribution is -0.256. The number of aliphatic hydroxyl groups excluding tert-OH is 3. The molecule has 364 valence electrons. The summed E-state index contributed by atoms with van der Waals surface area (Å²) in [6.07, 6.45) is 6.59. The Labute approximate surface area is 397 Å². The highest BCUT2D eigenvalue weighted by atomic mass is 35.5. The number of halogens is 1. The van der Waals surface area contributed by atoms with E-state index in [4.69, 9.17) is 54.8 Å². The van der Waals surface area contributed by atoms with Crippen LogP contribution in [0.4, 0.5) is 15.3 Å². The second kappa shape index (κ2) is 25.7. The Bertz CT molecular complexity index is 2140. The lowest BCUT2D eigenvalue weighted by Crippen LogP contribution is -2.70. The second-order valence-electron chi connectivity index (χ2n) is 16.4. The van der Waals surface area contributed by atoms with Gasteiger partial charge in [0, 0.05) is 43.7 Å². The molecule has 0 aromatic heterocycles. The van der Waals surface area contributed by atoms with Crippen molar-refractivity contribution in [2.24, 2.45) is 22.9 Å². The number of fused-ring (bicyclic) bond motifs is 2. The SMILES string of the molecule is C=CCOC12Oc3ccc(OC(=O)Nc4ccc(OC)cc4OC)cc3C3C(CCCCO)C(CCCCO)C=C(C(=NOCc4ccccc4)CC1N(CCOCCO)C(=O)OCCCl)C32. The number of hydrogen-bond donors (Lipinski definition) is 4. The highest BCUT2D eigenvalue weighted by Gasteiger charge is 2.65. The third kappa shape index (κ3) is 12.6. The molecule has 0 saturated heterocycles. The molecule has 2 amide bonds. The zero-order chi connectivity index (χ0) is 47.6. The van der Waals surface area contributed by atoms with Gasteiger partial charge in [-0.1, -0.05) is 60.5 Å². The largest absolute Gasteiger partial charge is 0.497 e. The summed E-state index contributed by atoms with van der Waals surface area (Å²) in [4.78, 5) is 35.7. The Morgan fingerprint density at radius 3 is 2.43 bits per heavy atom. The molecule has 1 aliphatic heterocycles. The van der Waals surface area contributed by atoms with E-state index in [2.05, 4.69) is 18.0 Å². The number of rotatable bonds is 26. The smallest absolute Gasteiger partial charge is 0.417 e. The monoisotopic (exact) mass is 949 g/mol. The zero-order valence-corrected chi connectivity index (χ0v) is 39.1. The minimum absolute atomic E-state index is 0.0185. The molecule has 67 heavy (non-hydrogen) atoms. The summed E-state index contributed by atoms with van der Waals surface area (Å²) in [7, 11) is 3.03. The number of amides is 2. The Kier molecular flexibility index (Phi) is 19.6. The predicted molar refractivity (Wildman–Crippen MR) is 252 cm³/mol. The number of ether oxygens (including phenoxy) is 7. The predicted octanol–water partition coefficient (Wildman–Crippen LogP) is 7.83. The molecule has 3 aromatic rings. The van der Waals surface area contributed by atoms with E-state index in [-0.39, 0.29) is 89.3 Å². The van der Waals surface area contributed by atoms with Gasteiger partial charge in [-0.2, -0.15) is 0 Å². The van der Waals surface area contributed by atoms with E-state index in [0.29, 0.717) is 54.3 Å². The Balaban J connectivity index is 1.53. The molecule has 3 aromatic carbocycles. The Morgan fingerprint density at radius 2 is 1.72 bits per heavy atom. The van der Waals surface area contributed by atoms with Crippen LogP contribution in [0.15, 0.2) is 96.2 Å². The third-order valence-electron chi connectivity index (χ3n) is 12.4. The third-order valence-corrected chi connectivity index (χ3v) is 12.5. The fraction of sp³-hybridized carbons (Fsp3) is 0.500. The summed E-state index contributed by atoms with van der Waals surface area (Å²) in [5.41, 5.74) is 3.43. The van der Waals surface area contributed by atoms with Gasteiger partial charge < -0.3 is 53.3 Å². The number of carbonyl (C=O) groups excluding carboxylic acids is 2. The van der Waals surface area contributed by atoms with E-state index >= 15 is 0 Å². The second-order valence-corrected chi connectivity index (χ2v) is 16.8. The van der Waals surface area contributed by atoms with E-state index in [1.54, 1.807) is 36.4 Å². The molecule has 6 rings (SSSR count). The van der Waals surface area contributed by atoms with Crippen LogP contribution in [0.5, 0.6) is 23.0 Å². The van der Waals surface area contributed by atoms with Crippen LogP contribution in [0.1, 0.15) is 62.0 Å². The quantitative estimate of drug-likeness (QED) is 0.0263. The van der Waals surface area contributed by atoms with Crippen molar-refractivity contribution < 1.29 is 62.9 Å². The fourth-order valence-electron chi connectivity index (χ4n) is 9.53. The van der Waals surface area contributed by atoms with Crippen LogP contribution < -0.4 is 24.3 Å². The first-order valence-electron chi connectivity index (χ1n) is 22.9. The average molecular weight is 951 g/mol. The van der Waals surface area contributed by atoms with Crippen LogP contribution in [0, 0.1) is 17.8 Å².